The molecule has 6 nitrogen and oxygen atoms in total. The van der Waals surface area contributed by atoms with Crippen molar-refractivity contribution in [2.75, 3.05) is 36.4 Å². The number of ether oxygens (including phenoxy) is 1. The zero-order chi connectivity index (χ0) is 16.1. The Morgan fingerprint density at radius 1 is 1.38 bits per heavy atom. The van der Waals surface area contributed by atoms with Crippen LogP contribution < -0.4 is 15.5 Å². The molecule has 0 radical (unpaired) electrons. The van der Waals surface area contributed by atoms with E-state index in [1.165, 1.54) is 0 Å². The summed E-state index contributed by atoms with van der Waals surface area (Å²) in [6.45, 7) is 6.07. The van der Waals surface area contributed by atoms with Crippen molar-refractivity contribution in [1.29, 1.82) is 0 Å². The summed E-state index contributed by atoms with van der Waals surface area (Å²) in [7, 11) is 0. The Hall–Kier alpha value is -1.37. The van der Waals surface area contributed by atoms with Gasteiger partial charge in [-0.25, -0.2) is 4.98 Å². The van der Waals surface area contributed by atoms with Crippen molar-refractivity contribution >= 4 is 29.8 Å². The molecule has 0 aliphatic carbocycles. The monoisotopic (exact) mass is 354 g/mol. The van der Waals surface area contributed by atoms with Gasteiger partial charge in [0.25, 0.3) is 0 Å². The number of amides is 1. The predicted octanol–water partition coefficient (Wildman–Crippen LogP) is 2.20. The van der Waals surface area contributed by atoms with Crippen molar-refractivity contribution < 1.29 is 9.53 Å². The molecule has 0 bridgehead atoms. The minimum atomic E-state index is 0. The number of hydrogen-bond acceptors (Lipinski definition) is 5. The zero-order valence-corrected chi connectivity index (χ0v) is 15.0. The molecule has 7 heteroatoms. The second kappa shape index (κ2) is 9.20. The third-order valence-corrected chi connectivity index (χ3v) is 4.51. The van der Waals surface area contributed by atoms with Gasteiger partial charge in [-0.2, -0.15) is 0 Å². The Balaban J connectivity index is 0.00000208. The molecule has 2 aliphatic rings. The smallest absolute Gasteiger partial charge is 0.225 e. The highest BCUT2D eigenvalue weighted by Gasteiger charge is 2.22. The summed E-state index contributed by atoms with van der Waals surface area (Å²) < 4.78 is 5.74. The Kier molecular flexibility index (Phi) is 7.27. The number of anilines is 2. The van der Waals surface area contributed by atoms with E-state index in [1.54, 1.807) is 0 Å². The van der Waals surface area contributed by atoms with Crippen LogP contribution in [0.5, 0.6) is 0 Å². The van der Waals surface area contributed by atoms with Gasteiger partial charge in [0.2, 0.25) is 5.91 Å². The number of aromatic nitrogens is 1. The van der Waals surface area contributed by atoms with Gasteiger partial charge in [0.15, 0.2) is 0 Å². The fourth-order valence-electron chi connectivity index (χ4n) is 3.17. The third-order valence-electron chi connectivity index (χ3n) is 4.51. The lowest BCUT2D eigenvalue weighted by molar-refractivity contribution is -0.116. The van der Waals surface area contributed by atoms with E-state index in [1.807, 2.05) is 18.3 Å². The van der Waals surface area contributed by atoms with Gasteiger partial charge >= 0.3 is 0 Å². The first-order valence-electron chi connectivity index (χ1n) is 8.58. The molecule has 1 amide bonds. The molecule has 2 fully saturated rings. The van der Waals surface area contributed by atoms with E-state index in [0.717, 1.165) is 51.1 Å². The van der Waals surface area contributed by atoms with E-state index in [2.05, 4.69) is 27.4 Å². The lowest BCUT2D eigenvalue weighted by atomic mass is 10.1. The second-order valence-electron chi connectivity index (χ2n) is 6.37. The number of carbonyl (C=O) groups is 1. The minimum absolute atomic E-state index is 0. The number of nitrogens with one attached hydrogen (secondary N) is 2. The first kappa shape index (κ1) is 19.0. The Labute approximate surface area is 149 Å². The van der Waals surface area contributed by atoms with Crippen molar-refractivity contribution in [1.82, 2.24) is 10.3 Å². The lowest BCUT2D eigenvalue weighted by Crippen LogP contribution is -2.43. The highest BCUT2D eigenvalue weighted by molar-refractivity contribution is 5.89. The number of pyridine rings is 1. The number of hydrogen-bond donors (Lipinski definition) is 2. The summed E-state index contributed by atoms with van der Waals surface area (Å²) in [5.74, 6) is 0.630. The van der Waals surface area contributed by atoms with E-state index in [0.29, 0.717) is 18.3 Å². The van der Waals surface area contributed by atoms with Crippen molar-refractivity contribution in [2.45, 2.75) is 44.8 Å². The fraction of sp³-hybridized carbons (Fsp3) is 0.647. The molecule has 2 unspecified atom stereocenters. The Morgan fingerprint density at radius 2 is 2.17 bits per heavy atom. The van der Waals surface area contributed by atoms with Gasteiger partial charge in [-0.05, 0) is 38.3 Å². The van der Waals surface area contributed by atoms with E-state index in [4.69, 9.17) is 4.74 Å². The van der Waals surface area contributed by atoms with Gasteiger partial charge in [-0.1, -0.05) is 0 Å². The highest BCUT2D eigenvalue weighted by Crippen LogP contribution is 2.22. The van der Waals surface area contributed by atoms with E-state index < -0.39 is 0 Å². The molecule has 1 aromatic heterocycles. The molecule has 2 N–H and O–H groups in total. The molecule has 3 heterocycles. The second-order valence-corrected chi connectivity index (χ2v) is 6.37. The molecular formula is C17H27ClN4O2. The van der Waals surface area contributed by atoms with Gasteiger partial charge in [0.05, 0.1) is 24.1 Å². The maximum absolute atomic E-state index is 12.0. The van der Waals surface area contributed by atoms with Crippen LogP contribution in [0.1, 0.15) is 32.6 Å². The molecule has 3 rings (SSSR count). The first-order chi connectivity index (χ1) is 11.2. The molecule has 0 saturated carbocycles. The fourth-order valence-corrected chi connectivity index (χ4v) is 3.17. The molecule has 0 spiro atoms. The van der Waals surface area contributed by atoms with Crippen LogP contribution in [0.2, 0.25) is 0 Å². The maximum atomic E-state index is 12.0. The summed E-state index contributed by atoms with van der Waals surface area (Å²) in [4.78, 5) is 18.7. The Bertz CT molecular complexity index is 520. The SMILES string of the molecule is CC1CCC(CCC(=O)Nc2ccc(N3CCNCC3)cn2)O1.Cl. The molecule has 134 valence electrons. The minimum Gasteiger partial charge on any atom is -0.375 e. The standard InChI is InChI=1S/C17H26N4O2.ClH/c1-13-2-4-15(23-13)5-7-17(22)20-16-6-3-14(12-19-16)21-10-8-18-9-11-21;/h3,6,12-13,15,18H,2,4-5,7-11H2,1H3,(H,19,20,22);1H. The average molecular weight is 355 g/mol. The zero-order valence-electron chi connectivity index (χ0n) is 14.2. The van der Waals surface area contributed by atoms with Crippen LogP contribution in [-0.4, -0.2) is 49.3 Å². The molecule has 2 aliphatic heterocycles. The van der Waals surface area contributed by atoms with Crippen LogP contribution in [0.15, 0.2) is 18.3 Å². The predicted molar refractivity (Wildman–Crippen MR) is 98.0 cm³/mol. The molecule has 24 heavy (non-hydrogen) atoms. The van der Waals surface area contributed by atoms with Crippen LogP contribution in [0.3, 0.4) is 0 Å². The van der Waals surface area contributed by atoms with E-state index >= 15 is 0 Å². The molecule has 1 aromatic rings. The van der Waals surface area contributed by atoms with Crippen LogP contribution in [0.4, 0.5) is 11.5 Å². The Morgan fingerprint density at radius 3 is 2.79 bits per heavy atom. The van der Waals surface area contributed by atoms with Gasteiger partial charge in [0.1, 0.15) is 5.82 Å². The topological polar surface area (TPSA) is 66.5 Å². The quantitative estimate of drug-likeness (QED) is 0.848. The summed E-state index contributed by atoms with van der Waals surface area (Å²) in [5, 5.41) is 6.20. The van der Waals surface area contributed by atoms with Crippen molar-refractivity contribution in [2.24, 2.45) is 0 Å². The number of halogens is 1. The van der Waals surface area contributed by atoms with E-state index in [9.17, 15) is 4.79 Å². The van der Waals surface area contributed by atoms with Gasteiger partial charge < -0.3 is 20.3 Å². The average Bonchev–Trinajstić information content (AvgIpc) is 3.00. The summed E-state index contributed by atoms with van der Waals surface area (Å²) >= 11 is 0. The van der Waals surface area contributed by atoms with Gasteiger partial charge in [-0.15, -0.1) is 12.4 Å². The summed E-state index contributed by atoms with van der Waals surface area (Å²) in [5.41, 5.74) is 1.11. The number of piperazine rings is 1. The van der Waals surface area contributed by atoms with Crippen LogP contribution in [-0.2, 0) is 9.53 Å². The van der Waals surface area contributed by atoms with Gasteiger partial charge in [-0.3, -0.25) is 4.79 Å². The van der Waals surface area contributed by atoms with Crippen LogP contribution in [0.25, 0.3) is 0 Å². The molecular weight excluding hydrogens is 328 g/mol. The van der Waals surface area contributed by atoms with Crippen molar-refractivity contribution in [3.63, 3.8) is 0 Å². The van der Waals surface area contributed by atoms with Crippen LogP contribution in [0, 0.1) is 0 Å². The maximum Gasteiger partial charge on any atom is 0.225 e. The summed E-state index contributed by atoms with van der Waals surface area (Å²) in [6, 6.07) is 3.90. The third kappa shape index (κ3) is 5.33. The number of rotatable bonds is 5. The van der Waals surface area contributed by atoms with E-state index in [-0.39, 0.29) is 24.4 Å². The molecule has 2 saturated heterocycles. The van der Waals surface area contributed by atoms with Crippen molar-refractivity contribution in [3.05, 3.63) is 18.3 Å². The molecule has 2 atom stereocenters. The number of carbonyl (C=O) groups excluding carboxylic acids is 1. The van der Waals surface area contributed by atoms with Gasteiger partial charge in [0, 0.05) is 32.6 Å². The first-order valence-corrected chi connectivity index (χ1v) is 8.58. The van der Waals surface area contributed by atoms with Crippen molar-refractivity contribution in [3.8, 4) is 0 Å². The highest BCUT2D eigenvalue weighted by atomic mass is 35.5. The normalized spacial score (nSPS) is 23.6. The lowest BCUT2D eigenvalue weighted by Gasteiger charge is -2.29. The van der Waals surface area contributed by atoms with Crippen LogP contribution >= 0.6 is 12.4 Å². The molecule has 0 aromatic carbocycles. The largest absolute Gasteiger partial charge is 0.375 e. The summed E-state index contributed by atoms with van der Waals surface area (Å²) in [6.07, 6.45) is 5.84. The number of nitrogens with zero attached hydrogens (tertiary/aromatic N) is 2.